The molecule has 0 aromatic carbocycles. The number of hydrogen-bond acceptors (Lipinski definition) is 5. The highest BCUT2D eigenvalue weighted by atomic mass is 32.1. The summed E-state index contributed by atoms with van der Waals surface area (Å²) in [6.07, 6.45) is 2.52. The monoisotopic (exact) mass is 279 g/mol. The van der Waals surface area contributed by atoms with E-state index in [-0.39, 0.29) is 0 Å². The van der Waals surface area contributed by atoms with Crippen molar-refractivity contribution in [3.05, 3.63) is 28.2 Å². The van der Waals surface area contributed by atoms with Crippen LogP contribution in [0.3, 0.4) is 0 Å². The maximum Gasteiger partial charge on any atom is 0.203 e. The van der Waals surface area contributed by atoms with Crippen molar-refractivity contribution in [2.75, 3.05) is 5.32 Å². The lowest BCUT2D eigenvalue weighted by Gasteiger charge is -2.20. The van der Waals surface area contributed by atoms with Gasteiger partial charge < -0.3 is 5.32 Å². The minimum absolute atomic E-state index is 0.338. The van der Waals surface area contributed by atoms with Gasteiger partial charge >= 0.3 is 0 Å². The van der Waals surface area contributed by atoms with Gasteiger partial charge in [-0.1, -0.05) is 19.9 Å². The fraction of sp³-hybridized carbons (Fsp3) is 0.538. The molecule has 2 aromatic rings. The van der Waals surface area contributed by atoms with Crippen LogP contribution in [0.2, 0.25) is 0 Å². The molecule has 18 heavy (non-hydrogen) atoms. The quantitative estimate of drug-likeness (QED) is 0.887. The molecule has 0 saturated heterocycles. The maximum atomic E-state index is 4.61. The van der Waals surface area contributed by atoms with E-state index in [1.54, 1.807) is 11.3 Å². The molecule has 0 amide bonds. The average Bonchev–Trinajstić information content (AvgIpc) is 2.89. The van der Waals surface area contributed by atoms with Crippen LogP contribution in [-0.4, -0.2) is 9.36 Å². The topological polar surface area (TPSA) is 37.8 Å². The van der Waals surface area contributed by atoms with Gasteiger partial charge in [0, 0.05) is 22.3 Å². The SMILES string of the molecule is CC(C)C(Nc1nc(C2CC2)ns1)c1cccs1. The van der Waals surface area contributed by atoms with Crippen LogP contribution in [0.5, 0.6) is 0 Å². The van der Waals surface area contributed by atoms with Gasteiger partial charge in [0.05, 0.1) is 6.04 Å². The van der Waals surface area contributed by atoms with Gasteiger partial charge in [0.15, 0.2) is 0 Å². The molecule has 1 atom stereocenters. The molecular weight excluding hydrogens is 262 g/mol. The van der Waals surface area contributed by atoms with Gasteiger partial charge in [-0.25, -0.2) is 4.98 Å². The van der Waals surface area contributed by atoms with Gasteiger partial charge in [0.1, 0.15) is 5.82 Å². The van der Waals surface area contributed by atoms with E-state index in [0.29, 0.717) is 17.9 Å². The molecule has 2 aromatic heterocycles. The molecule has 1 aliphatic rings. The molecule has 3 rings (SSSR count). The number of nitrogens with zero attached hydrogens (tertiary/aromatic N) is 2. The fourth-order valence-corrected chi connectivity index (χ4v) is 3.60. The summed E-state index contributed by atoms with van der Waals surface area (Å²) in [6.45, 7) is 4.47. The Labute approximate surface area is 115 Å². The second-order valence-electron chi connectivity index (χ2n) is 5.11. The van der Waals surface area contributed by atoms with Crippen molar-refractivity contribution in [3.63, 3.8) is 0 Å². The zero-order valence-corrected chi connectivity index (χ0v) is 12.2. The van der Waals surface area contributed by atoms with Crippen molar-refractivity contribution in [1.82, 2.24) is 9.36 Å². The predicted molar refractivity (Wildman–Crippen MR) is 77.4 cm³/mol. The van der Waals surface area contributed by atoms with E-state index in [1.165, 1.54) is 29.3 Å². The maximum absolute atomic E-state index is 4.61. The number of thiophene rings is 1. The van der Waals surface area contributed by atoms with Gasteiger partial charge in [-0.05, 0) is 30.2 Å². The van der Waals surface area contributed by atoms with E-state index >= 15 is 0 Å². The summed E-state index contributed by atoms with van der Waals surface area (Å²) in [6, 6.07) is 4.63. The van der Waals surface area contributed by atoms with E-state index in [0.717, 1.165) is 11.0 Å². The first-order valence-electron chi connectivity index (χ1n) is 6.37. The largest absolute Gasteiger partial charge is 0.352 e. The third-order valence-electron chi connectivity index (χ3n) is 3.18. The van der Waals surface area contributed by atoms with Crippen molar-refractivity contribution < 1.29 is 0 Å². The molecule has 1 saturated carbocycles. The molecule has 1 unspecified atom stereocenters. The zero-order chi connectivity index (χ0) is 12.5. The summed E-state index contributed by atoms with van der Waals surface area (Å²) in [5.74, 6) is 2.21. The summed E-state index contributed by atoms with van der Waals surface area (Å²) < 4.78 is 4.44. The molecule has 0 aliphatic heterocycles. The van der Waals surface area contributed by atoms with Crippen molar-refractivity contribution in [1.29, 1.82) is 0 Å². The molecule has 0 radical (unpaired) electrons. The Hall–Kier alpha value is -0.940. The fourth-order valence-electron chi connectivity index (χ4n) is 1.97. The highest BCUT2D eigenvalue weighted by molar-refractivity contribution is 7.10. The lowest BCUT2D eigenvalue weighted by atomic mass is 10.0. The van der Waals surface area contributed by atoms with Crippen LogP contribution in [0.25, 0.3) is 0 Å². The van der Waals surface area contributed by atoms with E-state index in [1.807, 2.05) is 0 Å². The average molecular weight is 279 g/mol. The highest BCUT2D eigenvalue weighted by Gasteiger charge is 2.28. The minimum Gasteiger partial charge on any atom is -0.352 e. The van der Waals surface area contributed by atoms with E-state index < -0.39 is 0 Å². The number of anilines is 1. The zero-order valence-electron chi connectivity index (χ0n) is 10.6. The smallest absolute Gasteiger partial charge is 0.203 e. The Bertz CT molecular complexity index is 500. The third kappa shape index (κ3) is 2.57. The highest BCUT2D eigenvalue weighted by Crippen LogP contribution is 2.40. The van der Waals surface area contributed by atoms with Gasteiger partial charge in [0.2, 0.25) is 5.13 Å². The molecule has 0 spiro atoms. The lowest BCUT2D eigenvalue weighted by Crippen LogP contribution is -2.15. The lowest BCUT2D eigenvalue weighted by molar-refractivity contribution is 0.553. The van der Waals surface area contributed by atoms with Crippen molar-refractivity contribution >= 4 is 28.0 Å². The van der Waals surface area contributed by atoms with Crippen molar-refractivity contribution in [3.8, 4) is 0 Å². The first kappa shape index (κ1) is 12.1. The van der Waals surface area contributed by atoms with Crippen LogP contribution < -0.4 is 5.32 Å². The molecule has 5 heteroatoms. The van der Waals surface area contributed by atoms with Gasteiger partial charge in [-0.2, -0.15) is 4.37 Å². The van der Waals surface area contributed by atoms with Crippen LogP contribution in [0.15, 0.2) is 17.5 Å². The molecule has 1 aliphatic carbocycles. The second kappa shape index (κ2) is 4.97. The summed E-state index contributed by atoms with van der Waals surface area (Å²) in [4.78, 5) is 5.97. The van der Waals surface area contributed by atoms with E-state index in [2.05, 4.69) is 46.0 Å². The standard InChI is InChI=1S/C13H17N3S2/c1-8(2)11(10-4-3-7-17-10)14-13-15-12(16-18-13)9-5-6-9/h3-4,7-9,11H,5-6H2,1-2H3,(H,14,15,16). The van der Waals surface area contributed by atoms with Crippen molar-refractivity contribution in [2.24, 2.45) is 5.92 Å². The van der Waals surface area contributed by atoms with Gasteiger partial charge in [0.25, 0.3) is 0 Å². The molecule has 1 N–H and O–H groups in total. The number of rotatable bonds is 5. The summed E-state index contributed by atoms with van der Waals surface area (Å²) >= 11 is 3.29. The van der Waals surface area contributed by atoms with Crippen LogP contribution in [-0.2, 0) is 0 Å². The molecule has 2 heterocycles. The summed E-state index contributed by atoms with van der Waals surface area (Å²) in [5.41, 5.74) is 0. The Morgan fingerprint density at radius 1 is 1.39 bits per heavy atom. The predicted octanol–water partition coefficient (Wildman–Crippen LogP) is 4.29. The van der Waals surface area contributed by atoms with Crippen LogP contribution in [0, 0.1) is 5.92 Å². The van der Waals surface area contributed by atoms with Crippen LogP contribution >= 0.6 is 22.9 Å². The van der Waals surface area contributed by atoms with Crippen molar-refractivity contribution in [2.45, 2.75) is 38.6 Å². The second-order valence-corrected chi connectivity index (χ2v) is 6.84. The Morgan fingerprint density at radius 3 is 2.83 bits per heavy atom. The number of aromatic nitrogens is 2. The Kier molecular flexibility index (Phi) is 3.35. The van der Waals surface area contributed by atoms with Gasteiger partial charge in [-0.15, -0.1) is 11.3 Å². The van der Waals surface area contributed by atoms with Gasteiger partial charge in [-0.3, -0.25) is 0 Å². The Balaban J connectivity index is 1.75. The van der Waals surface area contributed by atoms with E-state index in [9.17, 15) is 0 Å². The molecule has 0 bridgehead atoms. The first-order chi connectivity index (χ1) is 8.74. The summed E-state index contributed by atoms with van der Waals surface area (Å²) in [5, 5.41) is 6.63. The van der Waals surface area contributed by atoms with Crippen LogP contribution in [0.4, 0.5) is 5.13 Å². The molecule has 1 fully saturated rings. The molecule has 3 nitrogen and oxygen atoms in total. The van der Waals surface area contributed by atoms with E-state index in [4.69, 9.17) is 0 Å². The number of nitrogens with one attached hydrogen (secondary N) is 1. The number of hydrogen-bond donors (Lipinski definition) is 1. The van der Waals surface area contributed by atoms with Crippen LogP contribution in [0.1, 0.15) is 49.4 Å². The summed E-state index contributed by atoms with van der Waals surface area (Å²) in [7, 11) is 0. The normalized spacial score (nSPS) is 17.1. The third-order valence-corrected chi connectivity index (χ3v) is 4.80. The molecule has 96 valence electrons. The first-order valence-corrected chi connectivity index (χ1v) is 8.03. The molecular formula is C13H17N3S2. The Morgan fingerprint density at radius 2 is 2.22 bits per heavy atom. The minimum atomic E-state index is 0.338.